The average molecular weight is 741 g/mol. The summed E-state index contributed by atoms with van der Waals surface area (Å²) in [7, 11) is 5.53. The number of ether oxygens (including phenoxy) is 3. The molecule has 0 amide bonds. The maximum atomic E-state index is 12.7. The predicted octanol–water partition coefficient (Wildman–Crippen LogP) is 11.8. The van der Waals surface area contributed by atoms with Gasteiger partial charge in [0, 0.05) is 19.3 Å². The Morgan fingerprint density at radius 1 is 0.500 bits per heavy atom. The number of carboxylic acids is 1. The molecule has 0 fully saturated rings. The lowest BCUT2D eigenvalue weighted by Gasteiger charge is -2.31. The first-order valence-electron chi connectivity index (χ1n) is 22.1. The van der Waals surface area contributed by atoms with E-state index in [1.54, 1.807) is 0 Å². The van der Waals surface area contributed by atoms with Crippen LogP contribution in [0.3, 0.4) is 0 Å². The Morgan fingerprint density at radius 2 is 0.846 bits per heavy atom. The number of unbranched alkanes of at least 4 members (excludes halogenated alkanes) is 26. The van der Waals surface area contributed by atoms with Gasteiger partial charge in [0.05, 0.1) is 34.4 Å². The lowest BCUT2D eigenvalue weighted by molar-refractivity contribution is -0.887. The van der Waals surface area contributed by atoms with E-state index < -0.39 is 18.1 Å². The van der Waals surface area contributed by atoms with Gasteiger partial charge in [-0.3, -0.25) is 9.59 Å². The van der Waals surface area contributed by atoms with E-state index in [0.29, 0.717) is 19.3 Å². The van der Waals surface area contributed by atoms with Crippen LogP contribution in [0.4, 0.5) is 0 Å². The van der Waals surface area contributed by atoms with Crippen LogP contribution < -0.4 is 0 Å². The van der Waals surface area contributed by atoms with Gasteiger partial charge in [-0.2, -0.15) is 0 Å². The molecule has 0 aromatic carbocycles. The summed E-state index contributed by atoms with van der Waals surface area (Å²) >= 11 is 0. The molecule has 2 unspecified atom stereocenters. The highest BCUT2D eigenvalue weighted by Crippen LogP contribution is 2.16. The van der Waals surface area contributed by atoms with E-state index >= 15 is 0 Å². The van der Waals surface area contributed by atoms with Crippen LogP contribution in [0.25, 0.3) is 0 Å². The van der Waals surface area contributed by atoms with Gasteiger partial charge in [-0.1, -0.05) is 181 Å². The molecule has 2 atom stereocenters. The van der Waals surface area contributed by atoms with Crippen molar-refractivity contribution in [2.24, 2.45) is 0 Å². The fraction of sp³-hybridized carbons (Fsp3) is 0.932. The normalized spacial score (nSPS) is 12.9. The van der Waals surface area contributed by atoms with Crippen LogP contribution in [0.15, 0.2) is 0 Å². The number of rotatable bonds is 40. The Kier molecular flexibility index (Phi) is 35.1. The molecule has 0 saturated carbocycles. The number of quaternary nitrogens is 1. The minimum absolute atomic E-state index is 0.0422. The molecule has 52 heavy (non-hydrogen) atoms. The highest BCUT2D eigenvalue weighted by atomic mass is 16.6. The molecule has 0 aliphatic rings. The minimum Gasteiger partial charge on any atom is -0.477 e. The second-order valence-electron chi connectivity index (χ2n) is 16.3. The van der Waals surface area contributed by atoms with E-state index in [0.717, 1.165) is 38.5 Å². The molecule has 0 saturated heterocycles. The third-order valence-electron chi connectivity index (χ3n) is 10.3. The van der Waals surface area contributed by atoms with Crippen molar-refractivity contribution in [1.29, 1.82) is 0 Å². The number of hydrogen-bond donors (Lipinski definition) is 1. The molecular formula is C44H86NO7+. The average Bonchev–Trinajstić information content (AvgIpc) is 3.09. The number of hydrogen-bond acceptors (Lipinski definition) is 6. The van der Waals surface area contributed by atoms with E-state index in [-0.39, 0.29) is 36.2 Å². The van der Waals surface area contributed by atoms with Crippen molar-refractivity contribution in [3.8, 4) is 0 Å². The highest BCUT2D eigenvalue weighted by molar-refractivity contribution is 5.72. The molecular weight excluding hydrogens is 654 g/mol. The minimum atomic E-state index is -0.871. The summed E-state index contributed by atoms with van der Waals surface area (Å²) < 4.78 is 17.3. The number of esters is 2. The summed E-state index contributed by atoms with van der Waals surface area (Å²) in [4.78, 5) is 36.9. The van der Waals surface area contributed by atoms with Crippen molar-refractivity contribution in [3.63, 3.8) is 0 Å². The van der Waals surface area contributed by atoms with Gasteiger partial charge in [0.25, 0.3) is 0 Å². The van der Waals surface area contributed by atoms with Gasteiger partial charge in [-0.15, -0.1) is 0 Å². The fourth-order valence-corrected chi connectivity index (χ4v) is 6.80. The topological polar surface area (TPSA) is 99.1 Å². The van der Waals surface area contributed by atoms with Crippen LogP contribution in [-0.4, -0.2) is 80.6 Å². The van der Waals surface area contributed by atoms with Crippen LogP contribution >= 0.6 is 0 Å². The third kappa shape index (κ3) is 34.1. The van der Waals surface area contributed by atoms with Crippen molar-refractivity contribution >= 4 is 17.9 Å². The zero-order chi connectivity index (χ0) is 38.5. The van der Waals surface area contributed by atoms with E-state index in [9.17, 15) is 19.5 Å². The van der Waals surface area contributed by atoms with Crippen LogP contribution in [0.5, 0.6) is 0 Å². The standard InChI is InChI=1S/C44H85NO7/c1-6-8-10-12-14-16-18-19-20-21-22-23-25-26-28-30-32-34-42(46)51-39-40(38-50-37-36-41(44(48)49)45(3,4)5)52-43(47)35-33-31-29-27-24-17-15-13-11-9-7-2/h40-41H,6-39H2,1-5H3/p+1. The van der Waals surface area contributed by atoms with Crippen molar-refractivity contribution in [3.05, 3.63) is 0 Å². The van der Waals surface area contributed by atoms with Gasteiger partial charge in [0.15, 0.2) is 12.1 Å². The quantitative estimate of drug-likeness (QED) is 0.0379. The number of carboxylic acid groups (broad SMARTS) is 1. The van der Waals surface area contributed by atoms with Crippen LogP contribution in [-0.2, 0) is 28.6 Å². The summed E-state index contributed by atoms with van der Waals surface area (Å²) in [5, 5.41) is 9.60. The molecule has 0 bridgehead atoms. The zero-order valence-corrected chi connectivity index (χ0v) is 35.0. The molecule has 0 heterocycles. The first kappa shape index (κ1) is 50.3. The van der Waals surface area contributed by atoms with Crippen molar-refractivity contribution in [1.82, 2.24) is 0 Å². The number of carbonyl (C=O) groups is 3. The van der Waals surface area contributed by atoms with Gasteiger partial charge < -0.3 is 23.8 Å². The molecule has 308 valence electrons. The number of likely N-dealkylation sites (N-methyl/N-ethyl adjacent to an activating group) is 1. The largest absolute Gasteiger partial charge is 0.477 e. The number of carbonyl (C=O) groups excluding carboxylic acids is 2. The molecule has 1 N–H and O–H groups in total. The summed E-state index contributed by atoms with van der Waals surface area (Å²) in [6.07, 6.45) is 35.7. The fourth-order valence-electron chi connectivity index (χ4n) is 6.80. The smallest absolute Gasteiger partial charge is 0.362 e. The molecule has 8 heteroatoms. The Balaban J connectivity index is 4.25. The van der Waals surface area contributed by atoms with E-state index in [4.69, 9.17) is 14.2 Å². The first-order valence-corrected chi connectivity index (χ1v) is 22.1. The molecule has 0 radical (unpaired) electrons. The Hall–Kier alpha value is -1.67. The SMILES string of the molecule is CCCCCCCCCCCCCCCCCCCC(=O)OCC(COCCC(C(=O)O)[N+](C)(C)C)OC(=O)CCCCCCCCCCCCC. The van der Waals surface area contributed by atoms with Crippen molar-refractivity contribution in [2.45, 2.75) is 225 Å². The summed E-state index contributed by atoms with van der Waals surface area (Å²) in [5.74, 6) is -1.45. The van der Waals surface area contributed by atoms with Gasteiger partial charge in [-0.05, 0) is 12.8 Å². The van der Waals surface area contributed by atoms with Crippen LogP contribution in [0.2, 0.25) is 0 Å². The predicted molar refractivity (Wildman–Crippen MR) is 216 cm³/mol. The van der Waals surface area contributed by atoms with Crippen LogP contribution in [0, 0.1) is 0 Å². The number of aliphatic carboxylic acids is 1. The van der Waals surface area contributed by atoms with E-state index in [2.05, 4.69) is 13.8 Å². The Labute approximate surface area is 321 Å². The molecule has 0 spiro atoms. The number of nitrogens with zero attached hydrogens (tertiary/aromatic N) is 1. The monoisotopic (exact) mass is 741 g/mol. The third-order valence-corrected chi connectivity index (χ3v) is 10.3. The first-order chi connectivity index (χ1) is 25.1. The van der Waals surface area contributed by atoms with Gasteiger partial charge in [0.2, 0.25) is 0 Å². The second kappa shape index (κ2) is 36.3. The Morgan fingerprint density at radius 3 is 1.19 bits per heavy atom. The molecule has 8 nitrogen and oxygen atoms in total. The summed E-state index contributed by atoms with van der Waals surface area (Å²) in [6.45, 7) is 4.76. The zero-order valence-electron chi connectivity index (χ0n) is 35.0. The lowest BCUT2D eigenvalue weighted by Crippen LogP contribution is -2.50. The van der Waals surface area contributed by atoms with Crippen molar-refractivity contribution < 1.29 is 38.2 Å². The summed E-state index contributed by atoms with van der Waals surface area (Å²) in [5.41, 5.74) is 0. The molecule has 0 rings (SSSR count). The molecule has 0 aliphatic heterocycles. The maximum Gasteiger partial charge on any atom is 0.362 e. The van der Waals surface area contributed by atoms with Crippen LogP contribution in [0.1, 0.15) is 213 Å². The van der Waals surface area contributed by atoms with Crippen molar-refractivity contribution in [2.75, 3.05) is 41.0 Å². The van der Waals surface area contributed by atoms with Gasteiger partial charge >= 0.3 is 17.9 Å². The van der Waals surface area contributed by atoms with E-state index in [1.165, 1.54) is 141 Å². The van der Waals surface area contributed by atoms with Gasteiger partial charge in [0.1, 0.15) is 6.61 Å². The molecule has 0 aromatic rings. The van der Waals surface area contributed by atoms with E-state index in [1.807, 2.05) is 21.1 Å². The summed E-state index contributed by atoms with van der Waals surface area (Å²) in [6, 6.07) is -0.607. The maximum absolute atomic E-state index is 12.7. The highest BCUT2D eigenvalue weighted by Gasteiger charge is 2.31. The second-order valence-corrected chi connectivity index (χ2v) is 16.3. The van der Waals surface area contributed by atoms with Gasteiger partial charge in [-0.25, -0.2) is 4.79 Å². The molecule has 0 aliphatic carbocycles. The molecule has 0 aromatic heterocycles. The lowest BCUT2D eigenvalue weighted by atomic mass is 10.0. The Bertz CT molecular complexity index is 828.